The van der Waals surface area contributed by atoms with Crippen LogP contribution in [0.1, 0.15) is 67.8 Å². The van der Waals surface area contributed by atoms with E-state index in [2.05, 4.69) is 491 Å². The minimum atomic E-state index is -0.0579. The minimum Gasteiger partial charge on any atom is -0.455 e. The van der Waals surface area contributed by atoms with E-state index in [1.54, 1.807) is 0 Å². The Morgan fingerprint density at radius 3 is 0.732 bits per heavy atom. The van der Waals surface area contributed by atoms with Crippen LogP contribution >= 0.6 is 0 Å². The molecule has 0 saturated heterocycles. The van der Waals surface area contributed by atoms with Crippen LogP contribution in [0, 0.1) is 0 Å². The smallest absolute Gasteiger partial charge is 0.140 e. The van der Waals surface area contributed by atoms with Crippen molar-refractivity contribution in [3.63, 3.8) is 0 Å². The van der Waals surface area contributed by atoms with Gasteiger partial charge in [0.15, 0.2) is 0 Å². The number of fused-ring (bicyclic) bond motifs is 39. The van der Waals surface area contributed by atoms with E-state index < -0.39 is 0 Å². The summed E-state index contributed by atoms with van der Waals surface area (Å²) in [5.74, 6) is 5.65. The first-order valence-electron chi connectivity index (χ1n) is 47.9. The Bertz CT molecular complexity index is 9420. The van der Waals surface area contributed by atoms with Crippen molar-refractivity contribution in [2.45, 2.75) is 17.8 Å². The fourth-order valence-electron chi connectivity index (χ4n) is 23.9. The predicted molar refractivity (Wildman–Crippen MR) is 580 cm³/mol. The van der Waals surface area contributed by atoms with E-state index in [-0.39, 0.29) is 17.8 Å². The second-order valence-electron chi connectivity index (χ2n) is 37.1. The lowest BCUT2D eigenvalue weighted by atomic mass is 9.75. The molecular formula is C135H84O3. The highest BCUT2D eigenvalue weighted by molar-refractivity contribution is 6.22. The van der Waals surface area contributed by atoms with Crippen molar-refractivity contribution in [1.82, 2.24) is 0 Å². The van der Waals surface area contributed by atoms with Crippen LogP contribution in [-0.2, 0) is 0 Å². The van der Waals surface area contributed by atoms with Crippen molar-refractivity contribution in [3.05, 3.63) is 541 Å². The summed E-state index contributed by atoms with van der Waals surface area (Å²) in [6.07, 6.45) is 0. The Kier molecular flexibility index (Phi) is 18.3. The van der Waals surface area contributed by atoms with Crippen molar-refractivity contribution >= 4 is 162 Å². The Labute approximate surface area is 797 Å². The van der Waals surface area contributed by atoms with Crippen molar-refractivity contribution in [2.75, 3.05) is 0 Å². The van der Waals surface area contributed by atoms with Gasteiger partial charge in [-0.15, -0.1) is 0 Å². The zero-order valence-corrected chi connectivity index (χ0v) is 75.2. The molecule has 0 amide bonds. The number of ether oxygens (including phenoxy) is 3. The SMILES string of the molecule is c1cc(-c2ccc3ccccc3c2)cc(C2c3c(c4ccccc4c4ccccc34)Oc3c2c2ccccc2c2ccccc32)c1.c1ccc(-c2ccc(C3c4c(c5ccccc5c5ccccc45)Oc4c3c3ccccc3c3ccccc43)c3ccccc23)cc1.c1ccc(-c2ccc3cc(C4c5c(c6ccccc6c6ccccc56)Oc5c4c4ccccc4c4ccccc54)ccc3c2)cc1. The summed E-state index contributed by atoms with van der Waals surface area (Å²) in [6, 6.07) is 179. The third-order valence-corrected chi connectivity index (χ3v) is 29.8. The lowest BCUT2D eigenvalue weighted by molar-refractivity contribution is 0.467. The van der Waals surface area contributed by atoms with Gasteiger partial charge in [0.05, 0.1) is 0 Å². The zero-order chi connectivity index (χ0) is 90.6. The summed E-state index contributed by atoms with van der Waals surface area (Å²) < 4.78 is 21.7. The maximum absolute atomic E-state index is 7.28. The summed E-state index contributed by atoms with van der Waals surface area (Å²) in [7, 11) is 0. The Balaban J connectivity index is 0.000000102. The summed E-state index contributed by atoms with van der Waals surface area (Å²) in [4.78, 5) is 0. The van der Waals surface area contributed by atoms with E-state index in [1.165, 1.54) is 213 Å². The van der Waals surface area contributed by atoms with Crippen molar-refractivity contribution in [1.29, 1.82) is 0 Å². The Morgan fingerprint density at radius 1 is 0.123 bits per heavy atom. The number of hydrogen-bond donors (Lipinski definition) is 0. The molecule has 3 heteroatoms. The van der Waals surface area contributed by atoms with Gasteiger partial charge in [0.1, 0.15) is 34.5 Å². The Morgan fingerprint density at radius 2 is 0.362 bits per heavy atom. The molecule has 0 bridgehead atoms. The van der Waals surface area contributed by atoms with E-state index in [0.29, 0.717) is 0 Å². The molecule has 0 radical (unpaired) electrons. The van der Waals surface area contributed by atoms with Crippen LogP contribution in [0.4, 0.5) is 0 Å². The maximum Gasteiger partial charge on any atom is 0.140 e. The first-order chi connectivity index (χ1) is 68.5. The molecule has 0 atom stereocenters. The van der Waals surface area contributed by atoms with Crippen LogP contribution in [0.3, 0.4) is 0 Å². The largest absolute Gasteiger partial charge is 0.455 e. The molecule has 0 saturated carbocycles. The van der Waals surface area contributed by atoms with E-state index in [0.717, 1.165) is 66.8 Å². The average molecular weight is 1750 g/mol. The normalized spacial score (nSPS) is 12.9. The third-order valence-electron chi connectivity index (χ3n) is 29.8. The fourth-order valence-corrected chi connectivity index (χ4v) is 23.9. The second-order valence-corrected chi connectivity index (χ2v) is 37.1. The first kappa shape index (κ1) is 78.9. The highest BCUT2D eigenvalue weighted by atomic mass is 16.5. The van der Waals surface area contributed by atoms with Crippen LogP contribution in [0.2, 0.25) is 0 Å². The van der Waals surface area contributed by atoms with Gasteiger partial charge in [0, 0.05) is 83.5 Å². The van der Waals surface area contributed by atoms with E-state index in [9.17, 15) is 0 Å². The van der Waals surface area contributed by atoms with Crippen LogP contribution in [0.25, 0.3) is 195 Å². The van der Waals surface area contributed by atoms with E-state index in [4.69, 9.17) is 14.2 Å². The zero-order valence-electron chi connectivity index (χ0n) is 75.2. The second kappa shape index (κ2) is 32.0. The topological polar surface area (TPSA) is 27.7 Å². The Hall–Kier alpha value is -17.8. The molecule has 0 aliphatic carbocycles. The van der Waals surface area contributed by atoms with Gasteiger partial charge in [-0.25, -0.2) is 0 Å². The summed E-state index contributed by atoms with van der Waals surface area (Å²) in [5.41, 5.74) is 18.6. The number of hydrogen-bond acceptors (Lipinski definition) is 3. The van der Waals surface area contributed by atoms with Gasteiger partial charge in [-0.1, -0.05) is 479 Å². The van der Waals surface area contributed by atoms with Crippen LogP contribution in [0.15, 0.2) is 491 Å². The van der Waals surface area contributed by atoms with E-state index >= 15 is 0 Å². The molecule has 3 aliphatic heterocycles. The first-order valence-corrected chi connectivity index (χ1v) is 47.9. The fraction of sp³-hybridized carbons (Fsp3) is 0.0222. The lowest BCUT2D eigenvalue weighted by Gasteiger charge is -2.34. The quantitative estimate of drug-likeness (QED) is 0.155. The van der Waals surface area contributed by atoms with Gasteiger partial charge in [-0.2, -0.15) is 0 Å². The van der Waals surface area contributed by atoms with Crippen molar-refractivity contribution in [3.8, 4) is 67.9 Å². The van der Waals surface area contributed by atoms with Gasteiger partial charge in [-0.3, -0.25) is 0 Å². The van der Waals surface area contributed by atoms with Crippen molar-refractivity contribution in [2.24, 2.45) is 0 Å². The molecule has 642 valence electrons. The maximum atomic E-state index is 7.28. The van der Waals surface area contributed by atoms with Crippen LogP contribution < -0.4 is 14.2 Å². The molecule has 27 aromatic rings. The molecule has 0 unspecified atom stereocenters. The van der Waals surface area contributed by atoms with Crippen molar-refractivity contribution < 1.29 is 14.2 Å². The summed E-state index contributed by atoms with van der Waals surface area (Å²) >= 11 is 0. The molecule has 138 heavy (non-hydrogen) atoms. The van der Waals surface area contributed by atoms with Crippen LogP contribution in [0.5, 0.6) is 34.5 Å². The molecular weight excluding hydrogens is 1670 g/mol. The molecule has 3 nitrogen and oxygen atoms in total. The average Bonchev–Trinajstić information content (AvgIpc) is 0.703. The summed E-state index contributed by atoms with van der Waals surface area (Å²) in [6.45, 7) is 0. The van der Waals surface area contributed by atoms with Gasteiger partial charge < -0.3 is 14.2 Å². The van der Waals surface area contributed by atoms with Gasteiger partial charge in [0.25, 0.3) is 0 Å². The highest BCUT2D eigenvalue weighted by Gasteiger charge is 2.41. The molecule has 0 fully saturated rings. The molecule has 0 spiro atoms. The molecule has 0 N–H and O–H groups in total. The molecule has 3 aliphatic rings. The molecule has 27 aromatic carbocycles. The predicted octanol–water partition coefficient (Wildman–Crippen LogP) is 37.2. The molecule has 3 heterocycles. The number of benzene rings is 27. The van der Waals surface area contributed by atoms with Gasteiger partial charge >= 0.3 is 0 Å². The van der Waals surface area contributed by atoms with Gasteiger partial charge in [-0.05, 0) is 191 Å². The van der Waals surface area contributed by atoms with Gasteiger partial charge in [0.2, 0.25) is 0 Å². The highest BCUT2D eigenvalue weighted by Crippen LogP contribution is 2.63. The monoisotopic (exact) mass is 1750 g/mol. The standard InChI is InChI=1S/3C45H28O/c1-2-13-29-26-31(25-24-28(29)12-1)30-14-11-15-32(27-30)41-42-37-20-7-3-16-33(37)35-18-5-9-22-39(35)44(42)46-45-40-23-10-6-19-36(40)34-17-4-8-21-38(34)43(41)45;1-2-12-28(13-3-1)29-22-23-31-27-32(25-24-30(31)26-29)41-42-37-18-8-4-14-33(37)35-16-6-10-20-39(35)44(42)46-45-40-21-11-7-17-36(40)34-15-5-9-19-38(34)43(41)45;1-2-14-28(15-3-1)29-26-27-38(31-17-5-4-16-30(29)31)41-42-36-22-10-6-18-32(36)34-20-8-12-24-39(34)44(42)46-45-40-25-13-9-21-35(40)33-19-7-11-23-37(33)43(41)45/h3*1-27,41H. The third kappa shape index (κ3) is 12.4. The minimum absolute atomic E-state index is 0.0269. The summed E-state index contributed by atoms with van der Waals surface area (Å²) in [5, 5.41) is 36.7. The lowest BCUT2D eigenvalue weighted by Crippen LogP contribution is -2.14. The number of rotatable bonds is 6. The van der Waals surface area contributed by atoms with Crippen LogP contribution in [-0.4, -0.2) is 0 Å². The van der Waals surface area contributed by atoms with E-state index in [1.807, 2.05) is 0 Å². The molecule has 30 rings (SSSR count). The molecule has 0 aromatic heterocycles.